The Morgan fingerprint density at radius 2 is 1.48 bits per heavy atom. The molecule has 0 radical (unpaired) electrons. The van der Waals surface area contributed by atoms with Gasteiger partial charge in [0.2, 0.25) is 17.7 Å². The summed E-state index contributed by atoms with van der Waals surface area (Å²) in [6, 6.07) is 4.09. The highest BCUT2D eigenvalue weighted by atomic mass is 16.4. The van der Waals surface area contributed by atoms with Crippen LogP contribution in [-0.4, -0.2) is 80.6 Å². The van der Waals surface area contributed by atoms with Gasteiger partial charge < -0.3 is 42.6 Å². The van der Waals surface area contributed by atoms with E-state index in [9.17, 15) is 29.1 Å². The van der Waals surface area contributed by atoms with E-state index in [4.69, 9.17) is 16.6 Å². The number of nitrogens with zero attached hydrogens (tertiary/aromatic N) is 1. The van der Waals surface area contributed by atoms with Crippen molar-refractivity contribution in [3.05, 3.63) is 54.1 Å². The molecular formula is C26H37N7O7. The first kappa shape index (κ1) is 31.9. The average Bonchev–Trinajstić information content (AvgIpc) is 3.44. The SMILES string of the molecule is NCCCCC(NC(=O)C(Cc1cnc[nH]1)NC(=O)C(Cc1ccccc1)NC(=O)C(N)CCC(=O)O)C(=O)O. The number of nitrogens with two attached hydrogens (primary N) is 2. The van der Waals surface area contributed by atoms with Gasteiger partial charge in [0.05, 0.1) is 12.4 Å². The molecule has 0 saturated carbocycles. The molecule has 14 nitrogen and oxygen atoms in total. The predicted molar refractivity (Wildman–Crippen MR) is 144 cm³/mol. The van der Waals surface area contributed by atoms with E-state index in [1.165, 1.54) is 12.5 Å². The van der Waals surface area contributed by atoms with Gasteiger partial charge in [0.1, 0.15) is 18.1 Å². The van der Waals surface area contributed by atoms with Crippen LogP contribution in [0.5, 0.6) is 0 Å². The number of aliphatic carboxylic acids is 2. The Bertz CT molecular complexity index is 1110. The van der Waals surface area contributed by atoms with Crippen LogP contribution in [0.15, 0.2) is 42.9 Å². The van der Waals surface area contributed by atoms with E-state index in [2.05, 4.69) is 25.9 Å². The molecule has 0 bridgehead atoms. The lowest BCUT2D eigenvalue weighted by molar-refractivity contribution is -0.142. The Hall–Kier alpha value is -4.30. The standard InChI is InChI=1S/C26H37N7O7/c27-11-5-4-8-19(26(39)40)31-25(38)21(13-17-14-29-15-30-17)33-24(37)20(12-16-6-2-1-3-7-16)32-23(36)18(28)9-10-22(34)35/h1-3,6-7,14-15,18-21H,4-5,8-13,27-28H2,(H,29,30)(H,31,38)(H,32,36)(H,33,37)(H,34,35)(H,39,40). The summed E-state index contributed by atoms with van der Waals surface area (Å²) in [4.78, 5) is 68.7. The lowest BCUT2D eigenvalue weighted by atomic mass is 10.0. The Morgan fingerprint density at radius 3 is 2.05 bits per heavy atom. The highest BCUT2D eigenvalue weighted by Crippen LogP contribution is 2.08. The normalized spacial score (nSPS) is 13.8. The van der Waals surface area contributed by atoms with E-state index in [0.717, 1.165) is 0 Å². The van der Waals surface area contributed by atoms with Crippen molar-refractivity contribution in [3.8, 4) is 0 Å². The lowest BCUT2D eigenvalue weighted by Crippen LogP contribution is -2.58. The molecule has 218 valence electrons. The summed E-state index contributed by atoms with van der Waals surface area (Å²) in [5.41, 5.74) is 12.5. The van der Waals surface area contributed by atoms with E-state index in [0.29, 0.717) is 30.6 Å². The van der Waals surface area contributed by atoms with Crippen molar-refractivity contribution in [2.24, 2.45) is 11.5 Å². The molecule has 2 rings (SSSR count). The molecule has 0 aliphatic heterocycles. The number of nitrogens with one attached hydrogen (secondary N) is 4. The van der Waals surface area contributed by atoms with E-state index in [1.807, 2.05) is 0 Å². The number of benzene rings is 1. The summed E-state index contributed by atoms with van der Waals surface area (Å²) in [6.45, 7) is 0.382. The molecule has 14 heteroatoms. The molecule has 1 heterocycles. The number of unbranched alkanes of at least 4 members (excludes halogenated alkanes) is 1. The fourth-order valence-electron chi connectivity index (χ4n) is 3.87. The summed E-state index contributed by atoms with van der Waals surface area (Å²) < 4.78 is 0. The first-order valence-electron chi connectivity index (χ1n) is 12.9. The maximum Gasteiger partial charge on any atom is 0.326 e. The zero-order chi connectivity index (χ0) is 29.5. The van der Waals surface area contributed by atoms with Gasteiger partial charge in [-0.15, -0.1) is 0 Å². The molecule has 40 heavy (non-hydrogen) atoms. The number of aromatic amines is 1. The number of aromatic nitrogens is 2. The molecule has 3 amide bonds. The van der Waals surface area contributed by atoms with Gasteiger partial charge in [0, 0.05) is 31.2 Å². The molecule has 1 aromatic heterocycles. The molecule has 4 atom stereocenters. The molecule has 0 spiro atoms. The Morgan fingerprint density at radius 1 is 0.850 bits per heavy atom. The summed E-state index contributed by atoms with van der Waals surface area (Å²) in [5.74, 6) is -4.50. The van der Waals surface area contributed by atoms with Gasteiger partial charge in [-0.1, -0.05) is 30.3 Å². The molecular weight excluding hydrogens is 522 g/mol. The number of rotatable bonds is 18. The van der Waals surface area contributed by atoms with E-state index < -0.39 is 53.8 Å². The summed E-state index contributed by atoms with van der Waals surface area (Å²) in [6.07, 6.45) is 3.66. The summed E-state index contributed by atoms with van der Waals surface area (Å²) in [5, 5.41) is 26.1. The van der Waals surface area contributed by atoms with Crippen molar-refractivity contribution in [2.45, 2.75) is 69.1 Å². The van der Waals surface area contributed by atoms with Crippen LogP contribution in [-0.2, 0) is 36.8 Å². The number of imidazole rings is 1. The fraction of sp³-hybridized carbons (Fsp3) is 0.462. The maximum absolute atomic E-state index is 13.4. The van der Waals surface area contributed by atoms with Crippen LogP contribution in [0.3, 0.4) is 0 Å². The number of carbonyl (C=O) groups excluding carboxylic acids is 3. The minimum atomic E-state index is -1.22. The van der Waals surface area contributed by atoms with Crippen molar-refractivity contribution < 1.29 is 34.2 Å². The Labute approximate surface area is 231 Å². The fourth-order valence-corrected chi connectivity index (χ4v) is 3.87. The second-order valence-corrected chi connectivity index (χ2v) is 9.32. The highest BCUT2D eigenvalue weighted by Gasteiger charge is 2.31. The second kappa shape index (κ2) is 16.6. The average molecular weight is 560 g/mol. The largest absolute Gasteiger partial charge is 0.481 e. The highest BCUT2D eigenvalue weighted by molar-refractivity contribution is 5.94. The molecule has 0 fully saturated rings. The molecule has 1 aromatic carbocycles. The number of carbonyl (C=O) groups is 5. The molecule has 10 N–H and O–H groups in total. The van der Waals surface area contributed by atoms with Crippen LogP contribution >= 0.6 is 0 Å². The topological polar surface area (TPSA) is 243 Å². The lowest BCUT2D eigenvalue weighted by Gasteiger charge is -2.25. The number of amides is 3. The third-order valence-corrected chi connectivity index (χ3v) is 6.09. The van der Waals surface area contributed by atoms with E-state index >= 15 is 0 Å². The summed E-state index contributed by atoms with van der Waals surface area (Å²) in [7, 11) is 0. The van der Waals surface area contributed by atoms with Gasteiger partial charge in [0.25, 0.3) is 0 Å². The molecule has 4 unspecified atom stereocenters. The van der Waals surface area contributed by atoms with Crippen molar-refractivity contribution in [2.75, 3.05) is 6.54 Å². The first-order valence-corrected chi connectivity index (χ1v) is 12.9. The van der Waals surface area contributed by atoms with E-state index in [-0.39, 0.29) is 32.1 Å². The number of carboxylic acid groups (broad SMARTS) is 2. The van der Waals surface area contributed by atoms with Gasteiger partial charge in [-0.3, -0.25) is 19.2 Å². The van der Waals surface area contributed by atoms with Crippen LogP contribution in [0.25, 0.3) is 0 Å². The second-order valence-electron chi connectivity index (χ2n) is 9.32. The third-order valence-electron chi connectivity index (χ3n) is 6.09. The number of carboxylic acids is 2. The number of hydrogen-bond acceptors (Lipinski definition) is 8. The van der Waals surface area contributed by atoms with Gasteiger partial charge in [-0.2, -0.15) is 0 Å². The number of H-pyrrole nitrogens is 1. The Kier molecular flexibility index (Phi) is 13.3. The van der Waals surface area contributed by atoms with Gasteiger partial charge in [0.15, 0.2) is 0 Å². The zero-order valence-corrected chi connectivity index (χ0v) is 22.0. The van der Waals surface area contributed by atoms with Crippen LogP contribution in [0.1, 0.15) is 43.4 Å². The van der Waals surface area contributed by atoms with Crippen LogP contribution in [0.2, 0.25) is 0 Å². The molecule has 2 aromatic rings. The monoisotopic (exact) mass is 559 g/mol. The smallest absolute Gasteiger partial charge is 0.326 e. The zero-order valence-electron chi connectivity index (χ0n) is 22.0. The predicted octanol–water partition coefficient (Wildman–Crippen LogP) is -0.945. The van der Waals surface area contributed by atoms with Crippen molar-refractivity contribution in [3.63, 3.8) is 0 Å². The minimum absolute atomic E-state index is 0.0309. The quantitative estimate of drug-likeness (QED) is 0.104. The maximum atomic E-state index is 13.4. The first-order chi connectivity index (χ1) is 19.1. The van der Waals surface area contributed by atoms with Gasteiger partial charge in [-0.25, -0.2) is 9.78 Å². The van der Waals surface area contributed by atoms with Crippen LogP contribution in [0.4, 0.5) is 0 Å². The van der Waals surface area contributed by atoms with Crippen molar-refractivity contribution in [1.82, 2.24) is 25.9 Å². The van der Waals surface area contributed by atoms with Gasteiger partial charge >= 0.3 is 11.9 Å². The van der Waals surface area contributed by atoms with Crippen molar-refractivity contribution >= 4 is 29.7 Å². The Balaban J connectivity index is 2.23. The molecule has 0 saturated heterocycles. The molecule has 0 aliphatic carbocycles. The van der Waals surface area contributed by atoms with Crippen molar-refractivity contribution in [1.29, 1.82) is 0 Å². The number of hydrogen-bond donors (Lipinski definition) is 8. The third kappa shape index (κ3) is 11.2. The van der Waals surface area contributed by atoms with Gasteiger partial charge in [-0.05, 0) is 37.8 Å². The molecule has 0 aliphatic rings. The summed E-state index contributed by atoms with van der Waals surface area (Å²) >= 11 is 0. The minimum Gasteiger partial charge on any atom is -0.481 e. The van der Waals surface area contributed by atoms with Crippen LogP contribution in [0, 0.1) is 0 Å². The van der Waals surface area contributed by atoms with E-state index in [1.54, 1.807) is 30.3 Å². The van der Waals surface area contributed by atoms with Crippen LogP contribution < -0.4 is 27.4 Å².